The van der Waals surface area contributed by atoms with Gasteiger partial charge in [-0.2, -0.15) is 0 Å². The highest BCUT2D eigenvalue weighted by Crippen LogP contribution is 2.27. The SMILES string of the molecule is NC1CCCC(CCC(=O)NC2CCCCC2O)C1. The average molecular weight is 268 g/mol. The lowest BCUT2D eigenvalue weighted by atomic mass is 9.83. The van der Waals surface area contributed by atoms with Gasteiger partial charge in [-0.3, -0.25) is 4.79 Å². The van der Waals surface area contributed by atoms with Gasteiger partial charge in [-0.1, -0.05) is 25.7 Å². The molecule has 2 rings (SSSR count). The molecule has 2 aliphatic rings. The lowest BCUT2D eigenvalue weighted by Crippen LogP contribution is -2.45. The van der Waals surface area contributed by atoms with Crippen LogP contribution in [0, 0.1) is 5.92 Å². The Labute approximate surface area is 116 Å². The minimum atomic E-state index is -0.346. The molecule has 4 atom stereocenters. The molecule has 0 bridgehead atoms. The zero-order chi connectivity index (χ0) is 13.7. The molecule has 2 fully saturated rings. The first-order valence-electron chi connectivity index (χ1n) is 7.88. The minimum Gasteiger partial charge on any atom is -0.391 e. The van der Waals surface area contributed by atoms with E-state index in [1.165, 1.54) is 12.8 Å². The predicted octanol–water partition coefficient (Wildman–Crippen LogP) is 1.70. The van der Waals surface area contributed by atoms with Crippen LogP contribution in [-0.4, -0.2) is 29.2 Å². The molecule has 110 valence electrons. The second kappa shape index (κ2) is 7.25. The molecule has 0 saturated heterocycles. The normalized spacial score (nSPS) is 35.9. The lowest BCUT2D eigenvalue weighted by molar-refractivity contribution is -0.123. The van der Waals surface area contributed by atoms with Crippen molar-refractivity contribution < 1.29 is 9.90 Å². The standard InChI is InChI=1S/C15H28N2O2/c16-12-5-3-4-11(10-12)8-9-15(19)17-13-6-1-2-7-14(13)18/h11-14,18H,1-10,16H2,(H,17,19). The number of hydrogen-bond acceptors (Lipinski definition) is 3. The highest BCUT2D eigenvalue weighted by Gasteiger charge is 2.25. The van der Waals surface area contributed by atoms with E-state index < -0.39 is 0 Å². The fourth-order valence-electron chi connectivity index (χ4n) is 3.49. The molecule has 0 spiro atoms. The van der Waals surface area contributed by atoms with Gasteiger partial charge in [-0.05, 0) is 38.0 Å². The topological polar surface area (TPSA) is 75.4 Å². The van der Waals surface area contributed by atoms with Crippen molar-refractivity contribution in [3.05, 3.63) is 0 Å². The van der Waals surface area contributed by atoms with Crippen LogP contribution in [0.3, 0.4) is 0 Å². The van der Waals surface area contributed by atoms with E-state index in [-0.39, 0.29) is 18.1 Å². The number of carbonyl (C=O) groups is 1. The van der Waals surface area contributed by atoms with Gasteiger partial charge in [0.1, 0.15) is 0 Å². The predicted molar refractivity (Wildman–Crippen MR) is 75.6 cm³/mol. The first-order chi connectivity index (χ1) is 9.15. The molecule has 4 nitrogen and oxygen atoms in total. The zero-order valence-corrected chi connectivity index (χ0v) is 11.8. The lowest BCUT2D eigenvalue weighted by Gasteiger charge is -2.29. The number of carbonyl (C=O) groups excluding carboxylic acids is 1. The molecule has 2 saturated carbocycles. The maximum absolute atomic E-state index is 11.9. The fraction of sp³-hybridized carbons (Fsp3) is 0.933. The Balaban J connectivity index is 1.66. The largest absolute Gasteiger partial charge is 0.391 e. The highest BCUT2D eigenvalue weighted by atomic mass is 16.3. The van der Waals surface area contributed by atoms with Gasteiger partial charge in [-0.25, -0.2) is 0 Å². The molecule has 0 aromatic carbocycles. The van der Waals surface area contributed by atoms with Crippen molar-refractivity contribution in [3.63, 3.8) is 0 Å². The van der Waals surface area contributed by atoms with Crippen LogP contribution >= 0.6 is 0 Å². The number of aliphatic hydroxyl groups excluding tert-OH is 1. The summed E-state index contributed by atoms with van der Waals surface area (Å²) in [6.07, 6.45) is 9.73. The van der Waals surface area contributed by atoms with Crippen LogP contribution in [0.2, 0.25) is 0 Å². The van der Waals surface area contributed by atoms with Crippen molar-refractivity contribution in [3.8, 4) is 0 Å². The van der Waals surface area contributed by atoms with E-state index >= 15 is 0 Å². The Bertz CT molecular complexity index is 296. The Kier molecular flexibility index (Phi) is 5.64. The minimum absolute atomic E-state index is 0.0186. The number of aliphatic hydroxyl groups is 1. The molecule has 0 aliphatic heterocycles. The Morgan fingerprint density at radius 3 is 2.68 bits per heavy atom. The van der Waals surface area contributed by atoms with Gasteiger partial charge in [0.2, 0.25) is 5.91 Å². The van der Waals surface area contributed by atoms with Crippen LogP contribution in [0.4, 0.5) is 0 Å². The van der Waals surface area contributed by atoms with Crippen molar-refractivity contribution in [1.29, 1.82) is 0 Å². The van der Waals surface area contributed by atoms with Gasteiger partial charge in [-0.15, -0.1) is 0 Å². The summed E-state index contributed by atoms with van der Waals surface area (Å²) >= 11 is 0. The van der Waals surface area contributed by atoms with Crippen molar-refractivity contribution in [1.82, 2.24) is 5.32 Å². The Morgan fingerprint density at radius 1 is 1.16 bits per heavy atom. The fourth-order valence-corrected chi connectivity index (χ4v) is 3.49. The third-order valence-electron chi connectivity index (χ3n) is 4.68. The van der Waals surface area contributed by atoms with Crippen LogP contribution < -0.4 is 11.1 Å². The second-order valence-electron chi connectivity index (χ2n) is 6.36. The van der Waals surface area contributed by atoms with E-state index in [0.29, 0.717) is 18.4 Å². The summed E-state index contributed by atoms with van der Waals surface area (Å²) in [4.78, 5) is 11.9. The summed E-state index contributed by atoms with van der Waals surface area (Å²) in [6.45, 7) is 0. The van der Waals surface area contributed by atoms with E-state index in [1.807, 2.05) is 0 Å². The molecule has 19 heavy (non-hydrogen) atoms. The van der Waals surface area contributed by atoms with Crippen molar-refractivity contribution in [2.24, 2.45) is 11.7 Å². The van der Waals surface area contributed by atoms with Gasteiger partial charge < -0.3 is 16.2 Å². The first-order valence-corrected chi connectivity index (χ1v) is 7.88. The monoisotopic (exact) mass is 268 g/mol. The number of amides is 1. The third-order valence-corrected chi connectivity index (χ3v) is 4.68. The Hall–Kier alpha value is -0.610. The molecule has 1 amide bonds. The number of nitrogens with one attached hydrogen (secondary N) is 1. The number of nitrogens with two attached hydrogens (primary N) is 1. The van der Waals surface area contributed by atoms with Gasteiger partial charge in [0, 0.05) is 12.5 Å². The summed E-state index contributed by atoms with van der Waals surface area (Å²) in [5.74, 6) is 0.718. The molecular weight excluding hydrogens is 240 g/mol. The van der Waals surface area contributed by atoms with Crippen molar-refractivity contribution in [2.75, 3.05) is 0 Å². The highest BCUT2D eigenvalue weighted by molar-refractivity contribution is 5.76. The van der Waals surface area contributed by atoms with Crippen LogP contribution in [0.25, 0.3) is 0 Å². The summed E-state index contributed by atoms with van der Waals surface area (Å²) in [6, 6.07) is 0.317. The van der Waals surface area contributed by atoms with E-state index in [2.05, 4.69) is 5.32 Å². The number of rotatable bonds is 4. The molecule has 0 heterocycles. The van der Waals surface area contributed by atoms with E-state index in [1.54, 1.807) is 0 Å². The van der Waals surface area contributed by atoms with E-state index in [0.717, 1.165) is 44.9 Å². The molecule has 4 N–H and O–H groups in total. The van der Waals surface area contributed by atoms with Gasteiger partial charge >= 0.3 is 0 Å². The second-order valence-corrected chi connectivity index (χ2v) is 6.36. The maximum Gasteiger partial charge on any atom is 0.220 e. The molecule has 0 radical (unpaired) electrons. The summed E-state index contributed by atoms with van der Waals surface area (Å²) in [7, 11) is 0. The Morgan fingerprint density at radius 2 is 1.95 bits per heavy atom. The van der Waals surface area contributed by atoms with Crippen LogP contribution in [-0.2, 0) is 4.79 Å². The number of hydrogen-bond donors (Lipinski definition) is 3. The van der Waals surface area contributed by atoms with Gasteiger partial charge in [0.05, 0.1) is 12.1 Å². The van der Waals surface area contributed by atoms with Crippen LogP contribution in [0.1, 0.15) is 64.2 Å². The molecule has 2 aliphatic carbocycles. The molecule has 4 heteroatoms. The third kappa shape index (κ3) is 4.77. The van der Waals surface area contributed by atoms with Crippen LogP contribution in [0.5, 0.6) is 0 Å². The smallest absolute Gasteiger partial charge is 0.220 e. The molecular formula is C15H28N2O2. The maximum atomic E-state index is 11.9. The van der Waals surface area contributed by atoms with E-state index in [9.17, 15) is 9.90 Å². The van der Waals surface area contributed by atoms with Crippen LogP contribution in [0.15, 0.2) is 0 Å². The summed E-state index contributed by atoms with van der Waals surface area (Å²) in [5.41, 5.74) is 5.97. The van der Waals surface area contributed by atoms with E-state index in [4.69, 9.17) is 5.73 Å². The molecule has 4 unspecified atom stereocenters. The summed E-state index contributed by atoms with van der Waals surface area (Å²) < 4.78 is 0. The molecule has 0 aromatic heterocycles. The van der Waals surface area contributed by atoms with Gasteiger partial charge in [0.25, 0.3) is 0 Å². The first kappa shape index (κ1) is 14.8. The molecule has 0 aromatic rings. The average Bonchev–Trinajstić information content (AvgIpc) is 2.39. The van der Waals surface area contributed by atoms with Crippen molar-refractivity contribution in [2.45, 2.75) is 82.4 Å². The van der Waals surface area contributed by atoms with Crippen molar-refractivity contribution >= 4 is 5.91 Å². The quantitative estimate of drug-likeness (QED) is 0.726. The zero-order valence-electron chi connectivity index (χ0n) is 11.8. The summed E-state index contributed by atoms with van der Waals surface area (Å²) in [5, 5.41) is 12.8. The van der Waals surface area contributed by atoms with Gasteiger partial charge in [0.15, 0.2) is 0 Å².